The number of fused-ring (bicyclic) bond motifs is 1. The first kappa shape index (κ1) is 25.3. The highest BCUT2D eigenvalue weighted by atomic mass is 19.1. The highest BCUT2D eigenvalue weighted by molar-refractivity contribution is 5.88. The van der Waals surface area contributed by atoms with Gasteiger partial charge in [0.05, 0.1) is 37.6 Å². The Balaban J connectivity index is 1.37. The number of nitrogens with one attached hydrogen (secondary N) is 1. The maximum Gasteiger partial charge on any atom is 0.259 e. The van der Waals surface area contributed by atoms with E-state index in [2.05, 4.69) is 44.5 Å². The molecule has 0 unspecified atom stereocenters. The highest BCUT2D eigenvalue weighted by Crippen LogP contribution is 2.29. The van der Waals surface area contributed by atoms with Crippen molar-refractivity contribution in [2.75, 3.05) is 62.8 Å². The van der Waals surface area contributed by atoms with Crippen LogP contribution in [0.4, 0.5) is 15.9 Å². The summed E-state index contributed by atoms with van der Waals surface area (Å²) in [4.78, 5) is 30.2. The number of nitrogens with zero attached hydrogens (tertiary/aromatic N) is 5. The van der Waals surface area contributed by atoms with Crippen molar-refractivity contribution >= 4 is 28.4 Å². The topological polar surface area (TPSA) is 92.7 Å². The van der Waals surface area contributed by atoms with Gasteiger partial charge in [-0.05, 0) is 39.0 Å². The smallest absolute Gasteiger partial charge is 0.259 e. The lowest BCUT2D eigenvalue weighted by Gasteiger charge is -2.41. The molecule has 0 radical (unpaired) electrons. The predicted molar refractivity (Wildman–Crippen MR) is 140 cm³/mol. The molecule has 0 spiro atoms. The number of ether oxygens (including phenoxy) is 2. The number of rotatable bonds is 6. The van der Waals surface area contributed by atoms with E-state index >= 15 is 0 Å². The number of aromatic nitrogens is 3. The van der Waals surface area contributed by atoms with E-state index < -0.39 is 17.2 Å². The van der Waals surface area contributed by atoms with Crippen LogP contribution in [0.25, 0.3) is 22.3 Å². The number of morpholine rings is 2. The Kier molecular flexibility index (Phi) is 6.96. The van der Waals surface area contributed by atoms with Crippen LogP contribution in [0.5, 0.6) is 0 Å². The standard InChI is InChI=1S/C27H33FN6O3/c1-26(2,28)25(35)34-12-15-37-27(3,18-34)17-31-24-23-22(29-8-9-30-23)16-21(32-24)19-4-6-20(7-5-19)33-10-13-36-14-11-33/h4-9,16H,10-15,17-18H2,1-3H3,(H,31,32)/t27-/m1/s1. The predicted octanol–water partition coefficient (Wildman–Crippen LogP) is 3.31. The fourth-order valence-electron chi connectivity index (χ4n) is 4.77. The Morgan fingerprint density at radius 1 is 1.11 bits per heavy atom. The van der Waals surface area contributed by atoms with Gasteiger partial charge in [-0.1, -0.05) is 12.1 Å². The minimum atomic E-state index is -1.93. The second kappa shape index (κ2) is 10.2. The van der Waals surface area contributed by atoms with Gasteiger partial charge in [0, 0.05) is 49.8 Å². The zero-order valence-electron chi connectivity index (χ0n) is 21.5. The third-order valence-electron chi connectivity index (χ3n) is 6.76. The van der Waals surface area contributed by atoms with Gasteiger partial charge in [-0.2, -0.15) is 0 Å². The number of hydrogen-bond donors (Lipinski definition) is 1. The monoisotopic (exact) mass is 508 g/mol. The van der Waals surface area contributed by atoms with Crippen molar-refractivity contribution in [1.82, 2.24) is 19.9 Å². The second-order valence-corrected chi connectivity index (χ2v) is 10.3. The van der Waals surface area contributed by atoms with Crippen LogP contribution in [0.2, 0.25) is 0 Å². The summed E-state index contributed by atoms with van der Waals surface area (Å²) in [6.07, 6.45) is 3.29. The van der Waals surface area contributed by atoms with Crippen molar-refractivity contribution in [3.8, 4) is 11.3 Å². The molecule has 2 aromatic heterocycles. The molecule has 2 aliphatic rings. The van der Waals surface area contributed by atoms with Crippen LogP contribution < -0.4 is 10.2 Å². The molecular formula is C27H33FN6O3. The normalized spacial score (nSPS) is 20.8. The third-order valence-corrected chi connectivity index (χ3v) is 6.76. The average molecular weight is 509 g/mol. The number of carbonyl (C=O) groups excluding carboxylic acids is 1. The van der Waals surface area contributed by atoms with E-state index in [1.165, 1.54) is 18.7 Å². The largest absolute Gasteiger partial charge is 0.378 e. The van der Waals surface area contributed by atoms with Gasteiger partial charge in [-0.3, -0.25) is 9.78 Å². The molecule has 2 aliphatic heterocycles. The van der Waals surface area contributed by atoms with Gasteiger partial charge in [0.15, 0.2) is 11.5 Å². The quantitative estimate of drug-likeness (QED) is 0.542. The van der Waals surface area contributed by atoms with Crippen molar-refractivity contribution in [2.45, 2.75) is 32.0 Å². The Bertz CT molecular complexity index is 1260. The molecule has 1 amide bonds. The van der Waals surface area contributed by atoms with Gasteiger partial charge >= 0.3 is 0 Å². The van der Waals surface area contributed by atoms with Gasteiger partial charge < -0.3 is 24.6 Å². The fraction of sp³-hybridized carbons (Fsp3) is 0.481. The Morgan fingerprint density at radius 3 is 2.57 bits per heavy atom. The molecule has 1 aromatic carbocycles. The third kappa shape index (κ3) is 5.65. The summed E-state index contributed by atoms with van der Waals surface area (Å²) >= 11 is 0. The molecule has 3 aromatic rings. The van der Waals surface area contributed by atoms with Gasteiger partial charge in [-0.15, -0.1) is 0 Å². The number of amides is 1. The first-order valence-corrected chi connectivity index (χ1v) is 12.6. The molecule has 0 saturated carbocycles. The summed E-state index contributed by atoms with van der Waals surface area (Å²) in [6.45, 7) is 9.06. The van der Waals surface area contributed by atoms with Crippen LogP contribution in [-0.4, -0.2) is 89.6 Å². The zero-order chi connectivity index (χ0) is 26.0. The summed E-state index contributed by atoms with van der Waals surface area (Å²) in [5.74, 6) is 0.0518. The number of pyridine rings is 1. The molecule has 2 saturated heterocycles. The van der Waals surface area contributed by atoms with Crippen LogP contribution in [0.15, 0.2) is 42.7 Å². The minimum absolute atomic E-state index is 0.276. The van der Waals surface area contributed by atoms with Gasteiger partial charge in [-0.25, -0.2) is 14.4 Å². The van der Waals surface area contributed by atoms with Crippen molar-refractivity contribution < 1.29 is 18.7 Å². The van der Waals surface area contributed by atoms with E-state index in [0.717, 1.165) is 48.8 Å². The maximum absolute atomic E-state index is 14.3. The minimum Gasteiger partial charge on any atom is -0.378 e. The summed E-state index contributed by atoms with van der Waals surface area (Å²) < 4.78 is 25.8. The van der Waals surface area contributed by atoms with E-state index in [1.807, 2.05) is 13.0 Å². The summed E-state index contributed by atoms with van der Waals surface area (Å²) in [5.41, 5.74) is 1.62. The molecule has 2 fully saturated rings. The molecule has 5 rings (SSSR count). The van der Waals surface area contributed by atoms with E-state index in [0.29, 0.717) is 31.0 Å². The number of halogens is 1. The fourth-order valence-corrected chi connectivity index (χ4v) is 4.77. The molecule has 0 aliphatic carbocycles. The summed E-state index contributed by atoms with van der Waals surface area (Å²) in [7, 11) is 0. The molecule has 1 atom stereocenters. The van der Waals surface area contributed by atoms with Gasteiger partial charge in [0.25, 0.3) is 5.91 Å². The number of carbonyl (C=O) groups is 1. The van der Waals surface area contributed by atoms with E-state index in [9.17, 15) is 9.18 Å². The molecule has 4 heterocycles. The summed E-state index contributed by atoms with van der Waals surface area (Å²) in [6, 6.07) is 10.3. The SMILES string of the molecule is CC(C)(F)C(=O)N1CCO[C@](C)(CNc2nc(-c3ccc(N4CCOCC4)cc3)cc3nccnc23)C1. The molecule has 37 heavy (non-hydrogen) atoms. The Morgan fingerprint density at radius 2 is 1.84 bits per heavy atom. The summed E-state index contributed by atoms with van der Waals surface area (Å²) in [5, 5.41) is 3.38. The van der Waals surface area contributed by atoms with Crippen molar-refractivity contribution in [3.63, 3.8) is 0 Å². The van der Waals surface area contributed by atoms with Crippen LogP contribution in [-0.2, 0) is 14.3 Å². The van der Waals surface area contributed by atoms with Crippen molar-refractivity contribution in [1.29, 1.82) is 0 Å². The lowest BCUT2D eigenvalue weighted by molar-refractivity contribution is -0.156. The first-order chi connectivity index (χ1) is 17.7. The van der Waals surface area contributed by atoms with Crippen molar-refractivity contribution in [2.24, 2.45) is 0 Å². The molecular weight excluding hydrogens is 475 g/mol. The Labute approximate surface area is 216 Å². The van der Waals surface area contributed by atoms with E-state index in [4.69, 9.17) is 14.5 Å². The number of alkyl halides is 1. The highest BCUT2D eigenvalue weighted by Gasteiger charge is 2.39. The van der Waals surface area contributed by atoms with Crippen LogP contribution in [0, 0.1) is 0 Å². The van der Waals surface area contributed by atoms with Crippen molar-refractivity contribution in [3.05, 3.63) is 42.7 Å². The van der Waals surface area contributed by atoms with E-state index in [1.54, 1.807) is 12.4 Å². The van der Waals surface area contributed by atoms with Gasteiger partial charge in [0.2, 0.25) is 0 Å². The zero-order valence-corrected chi connectivity index (χ0v) is 21.5. The molecule has 0 bridgehead atoms. The Hall–Kier alpha value is -3.37. The first-order valence-electron chi connectivity index (χ1n) is 12.6. The van der Waals surface area contributed by atoms with Crippen LogP contribution in [0.1, 0.15) is 20.8 Å². The lowest BCUT2D eigenvalue weighted by atomic mass is 10.0. The van der Waals surface area contributed by atoms with E-state index in [-0.39, 0.29) is 6.54 Å². The number of benzene rings is 1. The maximum atomic E-state index is 14.3. The molecule has 196 valence electrons. The molecule has 9 nitrogen and oxygen atoms in total. The number of anilines is 2. The lowest BCUT2D eigenvalue weighted by Crippen LogP contribution is -2.58. The number of hydrogen-bond acceptors (Lipinski definition) is 8. The van der Waals surface area contributed by atoms with Crippen LogP contribution in [0.3, 0.4) is 0 Å². The second-order valence-electron chi connectivity index (χ2n) is 10.3. The van der Waals surface area contributed by atoms with Crippen LogP contribution >= 0.6 is 0 Å². The molecule has 10 heteroatoms. The average Bonchev–Trinajstić information content (AvgIpc) is 2.91. The van der Waals surface area contributed by atoms with Gasteiger partial charge in [0.1, 0.15) is 11.1 Å². The molecule has 1 N–H and O–H groups in total.